The van der Waals surface area contributed by atoms with Gasteiger partial charge in [-0.2, -0.15) is 0 Å². The molecular formula is C18H20N2O4. The van der Waals surface area contributed by atoms with Crippen molar-refractivity contribution in [1.29, 1.82) is 0 Å². The summed E-state index contributed by atoms with van der Waals surface area (Å²) in [4.78, 5) is 33.5. The molecule has 0 N–H and O–H groups in total. The molecule has 0 spiro atoms. The van der Waals surface area contributed by atoms with E-state index in [1.807, 2.05) is 30.3 Å². The molecule has 0 aliphatic carbocycles. The van der Waals surface area contributed by atoms with E-state index in [1.165, 1.54) is 13.1 Å². The number of aromatic nitrogens is 2. The highest BCUT2D eigenvalue weighted by molar-refractivity contribution is 6.05. The predicted octanol–water partition coefficient (Wildman–Crippen LogP) is 2.53. The number of benzene rings is 1. The molecule has 2 aromatic rings. The minimum Gasteiger partial charge on any atom is -0.465 e. The van der Waals surface area contributed by atoms with Crippen LogP contribution in [0.25, 0.3) is 11.3 Å². The molecule has 0 amide bonds. The molecule has 0 unspecified atom stereocenters. The zero-order valence-corrected chi connectivity index (χ0v) is 14.0. The Bertz CT molecular complexity index is 698. The van der Waals surface area contributed by atoms with E-state index in [-0.39, 0.29) is 18.9 Å². The van der Waals surface area contributed by atoms with Crippen LogP contribution >= 0.6 is 0 Å². The van der Waals surface area contributed by atoms with Gasteiger partial charge in [-0.15, -0.1) is 0 Å². The van der Waals surface area contributed by atoms with Crippen molar-refractivity contribution in [3.8, 4) is 11.3 Å². The molecule has 0 atom stereocenters. The molecule has 1 aromatic heterocycles. The second-order valence-corrected chi connectivity index (χ2v) is 5.22. The number of nitrogens with zero attached hydrogens (tertiary/aromatic N) is 2. The summed E-state index contributed by atoms with van der Waals surface area (Å²) >= 11 is 0. The molecule has 2 rings (SSSR count). The summed E-state index contributed by atoms with van der Waals surface area (Å²) < 4.78 is 10.1. The first-order chi connectivity index (χ1) is 11.5. The molecule has 0 fully saturated rings. The highest BCUT2D eigenvalue weighted by Crippen LogP contribution is 2.27. The van der Waals surface area contributed by atoms with Gasteiger partial charge in [-0.1, -0.05) is 30.3 Å². The zero-order chi connectivity index (χ0) is 17.6. The monoisotopic (exact) mass is 328 g/mol. The van der Waals surface area contributed by atoms with Crippen molar-refractivity contribution in [2.24, 2.45) is 0 Å². The van der Waals surface area contributed by atoms with Crippen LogP contribution in [0.3, 0.4) is 0 Å². The quantitative estimate of drug-likeness (QED) is 0.599. The average molecular weight is 328 g/mol. The lowest BCUT2D eigenvalue weighted by Crippen LogP contribution is -2.44. The molecule has 0 aliphatic heterocycles. The Morgan fingerprint density at radius 1 is 1.00 bits per heavy atom. The summed E-state index contributed by atoms with van der Waals surface area (Å²) in [5.74, 6) is -1.41. The van der Waals surface area contributed by atoms with Crippen LogP contribution in [0, 0.1) is 0 Å². The molecular weight excluding hydrogens is 308 g/mol. The van der Waals surface area contributed by atoms with Crippen molar-refractivity contribution < 1.29 is 19.1 Å². The van der Waals surface area contributed by atoms with Gasteiger partial charge < -0.3 is 9.47 Å². The highest BCUT2D eigenvalue weighted by Gasteiger charge is 2.48. The van der Waals surface area contributed by atoms with Crippen LogP contribution in [0.1, 0.15) is 26.5 Å². The van der Waals surface area contributed by atoms with Gasteiger partial charge in [0, 0.05) is 5.56 Å². The summed E-state index contributed by atoms with van der Waals surface area (Å²) in [5.41, 5.74) is -0.0697. The van der Waals surface area contributed by atoms with Crippen LogP contribution in [0.15, 0.2) is 42.7 Å². The molecule has 0 saturated heterocycles. The Kier molecular flexibility index (Phi) is 5.63. The van der Waals surface area contributed by atoms with Gasteiger partial charge in [0.05, 0.1) is 37.0 Å². The molecule has 6 heteroatoms. The minimum atomic E-state index is -1.66. The maximum atomic E-state index is 12.4. The number of rotatable bonds is 6. The SMILES string of the molecule is CCOC(=O)C(C)(C(=O)OCC)c1cncc(-c2ccccc2)n1. The van der Waals surface area contributed by atoms with Crippen LogP contribution in [-0.2, 0) is 24.5 Å². The third kappa shape index (κ3) is 3.42. The number of ether oxygens (including phenoxy) is 2. The Hall–Kier alpha value is -2.76. The summed E-state index contributed by atoms with van der Waals surface area (Å²) in [6.07, 6.45) is 2.97. The number of hydrogen-bond acceptors (Lipinski definition) is 6. The summed E-state index contributed by atoms with van der Waals surface area (Å²) in [6.45, 7) is 5.10. The van der Waals surface area contributed by atoms with Crippen molar-refractivity contribution in [2.45, 2.75) is 26.2 Å². The van der Waals surface area contributed by atoms with Crippen molar-refractivity contribution >= 4 is 11.9 Å². The normalized spacial score (nSPS) is 11.0. The van der Waals surface area contributed by atoms with Crippen molar-refractivity contribution in [2.75, 3.05) is 13.2 Å². The molecule has 6 nitrogen and oxygen atoms in total. The van der Waals surface area contributed by atoms with E-state index in [4.69, 9.17) is 9.47 Å². The second-order valence-electron chi connectivity index (χ2n) is 5.22. The van der Waals surface area contributed by atoms with Gasteiger partial charge in [-0.3, -0.25) is 14.6 Å². The Morgan fingerprint density at radius 2 is 1.58 bits per heavy atom. The molecule has 1 aromatic carbocycles. The first-order valence-electron chi connectivity index (χ1n) is 7.76. The third-order valence-corrected chi connectivity index (χ3v) is 3.58. The molecule has 0 bridgehead atoms. The third-order valence-electron chi connectivity index (χ3n) is 3.58. The smallest absolute Gasteiger partial charge is 0.329 e. The van der Waals surface area contributed by atoms with E-state index in [1.54, 1.807) is 20.0 Å². The van der Waals surface area contributed by atoms with Crippen LogP contribution in [0.5, 0.6) is 0 Å². The van der Waals surface area contributed by atoms with E-state index >= 15 is 0 Å². The Morgan fingerprint density at radius 3 is 2.12 bits per heavy atom. The molecule has 126 valence electrons. The van der Waals surface area contributed by atoms with Crippen LogP contribution in [0.4, 0.5) is 0 Å². The number of carbonyl (C=O) groups excluding carboxylic acids is 2. The van der Waals surface area contributed by atoms with Crippen LogP contribution < -0.4 is 0 Å². The van der Waals surface area contributed by atoms with Gasteiger partial charge in [-0.25, -0.2) is 4.98 Å². The lowest BCUT2D eigenvalue weighted by atomic mass is 9.86. The molecule has 0 saturated carbocycles. The van der Waals surface area contributed by atoms with Gasteiger partial charge >= 0.3 is 11.9 Å². The van der Waals surface area contributed by atoms with Gasteiger partial charge in [0.2, 0.25) is 5.41 Å². The van der Waals surface area contributed by atoms with Gasteiger partial charge in [0.15, 0.2) is 0 Å². The highest BCUT2D eigenvalue weighted by atomic mass is 16.6. The summed E-state index contributed by atoms with van der Waals surface area (Å²) in [5, 5.41) is 0. The second kappa shape index (κ2) is 7.68. The Balaban J connectivity index is 2.51. The fourth-order valence-corrected chi connectivity index (χ4v) is 2.20. The lowest BCUT2D eigenvalue weighted by Gasteiger charge is -2.24. The zero-order valence-electron chi connectivity index (χ0n) is 14.0. The van der Waals surface area contributed by atoms with E-state index < -0.39 is 17.4 Å². The standard InChI is InChI=1S/C18H20N2O4/c1-4-23-16(21)18(3,17(22)24-5-2)15-12-19-11-14(20-15)13-9-7-6-8-10-13/h6-12H,4-5H2,1-3H3. The fraction of sp³-hybridized carbons (Fsp3) is 0.333. The van der Waals surface area contributed by atoms with Gasteiger partial charge in [-0.05, 0) is 20.8 Å². The van der Waals surface area contributed by atoms with Crippen molar-refractivity contribution in [1.82, 2.24) is 9.97 Å². The van der Waals surface area contributed by atoms with Crippen LogP contribution in [0.2, 0.25) is 0 Å². The molecule has 0 radical (unpaired) electrons. The lowest BCUT2D eigenvalue weighted by molar-refractivity contribution is -0.164. The summed E-state index contributed by atoms with van der Waals surface area (Å²) in [7, 11) is 0. The van der Waals surface area contributed by atoms with Crippen molar-refractivity contribution in [3.05, 3.63) is 48.4 Å². The van der Waals surface area contributed by atoms with E-state index in [0.29, 0.717) is 5.69 Å². The number of hydrogen-bond donors (Lipinski definition) is 0. The average Bonchev–Trinajstić information content (AvgIpc) is 2.62. The van der Waals surface area contributed by atoms with Crippen LogP contribution in [-0.4, -0.2) is 35.1 Å². The predicted molar refractivity (Wildman–Crippen MR) is 88.1 cm³/mol. The molecule has 24 heavy (non-hydrogen) atoms. The van der Waals surface area contributed by atoms with Crippen molar-refractivity contribution in [3.63, 3.8) is 0 Å². The maximum Gasteiger partial charge on any atom is 0.329 e. The Labute approximate surface area is 140 Å². The maximum absolute atomic E-state index is 12.4. The number of esters is 2. The first-order valence-corrected chi connectivity index (χ1v) is 7.76. The summed E-state index contributed by atoms with van der Waals surface area (Å²) in [6, 6.07) is 9.39. The minimum absolute atomic E-state index is 0.152. The van der Waals surface area contributed by atoms with Gasteiger partial charge in [0.25, 0.3) is 0 Å². The fourth-order valence-electron chi connectivity index (χ4n) is 2.20. The molecule has 1 heterocycles. The van der Waals surface area contributed by atoms with E-state index in [9.17, 15) is 9.59 Å². The van der Waals surface area contributed by atoms with E-state index in [0.717, 1.165) is 5.56 Å². The number of carbonyl (C=O) groups is 2. The topological polar surface area (TPSA) is 78.4 Å². The van der Waals surface area contributed by atoms with Gasteiger partial charge in [0.1, 0.15) is 0 Å². The largest absolute Gasteiger partial charge is 0.465 e. The molecule has 0 aliphatic rings. The van der Waals surface area contributed by atoms with E-state index in [2.05, 4.69) is 9.97 Å². The first kappa shape index (κ1) is 17.6.